The molecule has 0 bridgehead atoms. The Bertz CT molecular complexity index is 927. The molecule has 7 nitrogen and oxygen atoms in total. The minimum atomic E-state index is -2.48. The molecule has 32 heavy (non-hydrogen) atoms. The maximum Gasteiger partial charge on any atom is 0.260 e. The van der Waals surface area contributed by atoms with Crippen molar-refractivity contribution < 1.29 is 18.3 Å². The number of carbonyl (C=O) groups is 1. The third-order valence-electron chi connectivity index (χ3n) is 6.76. The summed E-state index contributed by atoms with van der Waals surface area (Å²) in [6, 6.07) is 5.12. The Kier molecular flexibility index (Phi) is 6.91. The molecule has 2 aliphatic rings. The highest BCUT2D eigenvalue weighted by Crippen LogP contribution is 2.35. The standard InChI is InChI=1S/C23H31F2N5O2/c1-15-12-16(6-7-20(15)32-2)4-3-5-21(31)29-10-8-17(9-11-29)18-13-19(22(24)25)30-23(28-18)26-14-27-30/h6-7,12,14,17-19,22H,3-5,8-11,13H2,1-2H3,(H,26,27,28)/t18-,19+/m0/s1. The van der Waals surface area contributed by atoms with Gasteiger partial charge in [0.1, 0.15) is 18.1 Å². The van der Waals surface area contributed by atoms with Crippen LogP contribution in [0.2, 0.25) is 0 Å². The lowest BCUT2D eigenvalue weighted by atomic mass is 9.85. The largest absolute Gasteiger partial charge is 0.496 e. The van der Waals surface area contributed by atoms with Crippen LogP contribution in [0.15, 0.2) is 24.5 Å². The number of alkyl halides is 2. The van der Waals surface area contributed by atoms with Gasteiger partial charge in [0.2, 0.25) is 11.9 Å². The summed E-state index contributed by atoms with van der Waals surface area (Å²) < 4.78 is 33.6. The summed E-state index contributed by atoms with van der Waals surface area (Å²) in [5.74, 6) is 1.71. The first-order valence-electron chi connectivity index (χ1n) is 11.3. The fourth-order valence-corrected chi connectivity index (χ4v) is 4.95. The van der Waals surface area contributed by atoms with E-state index in [0.29, 0.717) is 31.9 Å². The van der Waals surface area contributed by atoms with Crippen LogP contribution in [0, 0.1) is 12.8 Å². The van der Waals surface area contributed by atoms with E-state index in [9.17, 15) is 13.6 Å². The number of carbonyl (C=O) groups excluding carboxylic acids is 1. The fourth-order valence-electron chi connectivity index (χ4n) is 4.95. The van der Waals surface area contributed by atoms with Crippen LogP contribution in [0.5, 0.6) is 5.75 Å². The van der Waals surface area contributed by atoms with E-state index in [1.165, 1.54) is 16.6 Å². The molecule has 1 aromatic heterocycles. The Morgan fingerprint density at radius 1 is 1.31 bits per heavy atom. The zero-order chi connectivity index (χ0) is 22.7. The van der Waals surface area contributed by atoms with Crippen molar-refractivity contribution in [3.8, 4) is 5.75 Å². The summed E-state index contributed by atoms with van der Waals surface area (Å²) in [5.41, 5.74) is 2.31. The molecule has 0 spiro atoms. The van der Waals surface area contributed by atoms with Gasteiger partial charge in [0.05, 0.1) is 7.11 Å². The van der Waals surface area contributed by atoms with Crippen molar-refractivity contribution in [2.24, 2.45) is 5.92 Å². The number of rotatable bonds is 7. The lowest BCUT2D eigenvalue weighted by molar-refractivity contribution is -0.132. The van der Waals surface area contributed by atoms with Crippen LogP contribution in [-0.2, 0) is 11.2 Å². The average molecular weight is 448 g/mol. The van der Waals surface area contributed by atoms with Gasteiger partial charge in [-0.3, -0.25) is 4.79 Å². The number of aromatic nitrogens is 3. The molecule has 0 radical (unpaired) electrons. The topological polar surface area (TPSA) is 72.3 Å². The van der Waals surface area contributed by atoms with Gasteiger partial charge < -0.3 is 15.0 Å². The quantitative estimate of drug-likeness (QED) is 0.698. The van der Waals surface area contributed by atoms with E-state index in [0.717, 1.165) is 37.0 Å². The predicted octanol–water partition coefficient (Wildman–Crippen LogP) is 3.85. The normalized spacial score (nSPS) is 21.3. The number of anilines is 1. The lowest BCUT2D eigenvalue weighted by Crippen LogP contribution is -2.46. The SMILES string of the molecule is COc1ccc(CCCC(=O)N2CCC([C@@H]3C[C@H](C(F)F)n4ncnc4N3)CC2)cc1C. The van der Waals surface area contributed by atoms with Crippen LogP contribution in [-0.4, -0.2) is 58.2 Å². The van der Waals surface area contributed by atoms with Crippen molar-refractivity contribution in [2.45, 2.75) is 64.0 Å². The van der Waals surface area contributed by atoms with Gasteiger partial charge in [0, 0.05) is 25.6 Å². The monoisotopic (exact) mass is 447 g/mol. The molecule has 1 amide bonds. The van der Waals surface area contributed by atoms with Gasteiger partial charge in [0.25, 0.3) is 6.43 Å². The molecule has 2 atom stereocenters. The summed E-state index contributed by atoms with van der Waals surface area (Å²) in [4.78, 5) is 18.7. The van der Waals surface area contributed by atoms with E-state index in [4.69, 9.17) is 4.74 Å². The number of hydrogen-bond acceptors (Lipinski definition) is 5. The summed E-state index contributed by atoms with van der Waals surface area (Å²) in [7, 11) is 1.66. The molecular formula is C23H31F2N5O2. The molecule has 1 fully saturated rings. The van der Waals surface area contributed by atoms with Crippen molar-refractivity contribution in [2.75, 3.05) is 25.5 Å². The number of piperidine rings is 1. The number of ether oxygens (including phenoxy) is 1. The average Bonchev–Trinajstić information content (AvgIpc) is 3.27. The van der Waals surface area contributed by atoms with E-state index >= 15 is 0 Å². The first-order chi connectivity index (χ1) is 15.5. The van der Waals surface area contributed by atoms with Crippen LogP contribution >= 0.6 is 0 Å². The summed E-state index contributed by atoms with van der Waals surface area (Å²) in [6.07, 6.45) is 2.97. The van der Waals surface area contributed by atoms with Crippen molar-refractivity contribution in [3.63, 3.8) is 0 Å². The van der Waals surface area contributed by atoms with Gasteiger partial charge in [-0.2, -0.15) is 10.1 Å². The Labute approximate surface area is 187 Å². The van der Waals surface area contributed by atoms with E-state index in [-0.39, 0.29) is 17.9 Å². The summed E-state index contributed by atoms with van der Waals surface area (Å²) in [5, 5.41) is 7.23. The molecule has 1 aromatic carbocycles. The Morgan fingerprint density at radius 3 is 2.78 bits per heavy atom. The van der Waals surface area contributed by atoms with Crippen molar-refractivity contribution in [1.82, 2.24) is 19.7 Å². The van der Waals surface area contributed by atoms with E-state index < -0.39 is 12.5 Å². The number of hydrogen-bond donors (Lipinski definition) is 1. The van der Waals surface area contributed by atoms with E-state index in [1.807, 2.05) is 24.0 Å². The highest BCUT2D eigenvalue weighted by Gasteiger charge is 2.38. The van der Waals surface area contributed by atoms with Crippen LogP contribution in [0.25, 0.3) is 0 Å². The molecule has 2 aromatic rings. The number of benzene rings is 1. The van der Waals surface area contributed by atoms with Crippen LogP contribution in [0.4, 0.5) is 14.7 Å². The van der Waals surface area contributed by atoms with E-state index in [1.54, 1.807) is 7.11 Å². The second-order valence-corrected chi connectivity index (χ2v) is 8.79. The second kappa shape index (κ2) is 9.83. The predicted molar refractivity (Wildman–Crippen MR) is 117 cm³/mol. The molecule has 0 unspecified atom stereocenters. The van der Waals surface area contributed by atoms with Crippen molar-refractivity contribution >= 4 is 11.9 Å². The number of halogens is 2. The number of nitrogens with one attached hydrogen (secondary N) is 1. The van der Waals surface area contributed by atoms with Crippen molar-refractivity contribution in [3.05, 3.63) is 35.7 Å². The smallest absolute Gasteiger partial charge is 0.260 e. The van der Waals surface area contributed by atoms with Crippen LogP contribution in [0.3, 0.4) is 0 Å². The molecule has 3 heterocycles. The molecule has 9 heteroatoms. The number of likely N-dealkylation sites (tertiary alicyclic amines) is 1. The van der Waals surface area contributed by atoms with Gasteiger partial charge in [0.15, 0.2) is 0 Å². The summed E-state index contributed by atoms with van der Waals surface area (Å²) >= 11 is 0. The maximum atomic E-state index is 13.5. The van der Waals surface area contributed by atoms with Gasteiger partial charge in [-0.05, 0) is 62.1 Å². The number of nitrogens with zero attached hydrogens (tertiary/aromatic N) is 4. The first kappa shape index (κ1) is 22.5. The molecule has 1 N–H and O–H groups in total. The molecular weight excluding hydrogens is 416 g/mol. The minimum absolute atomic E-state index is 0.0683. The molecule has 4 rings (SSSR count). The molecule has 174 valence electrons. The number of fused-ring (bicyclic) bond motifs is 1. The third-order valence-corrected chi connectivity index (χ3v) is 6.76. The first-order valence-corrected chi connectivity index (χ1v) is 11.3. The molecule has 1 saturated heterocycles. The Hall–Kier alpha value is -2.71. The maximum absolute atomic E-state index is 13.5. The van der Waals surface area contributed by atoms with E-state index in [2.05, 4.69) is 21.5 Å². The second-order valence-electron chi connectivity index (χ2n) is 8.79. The van der Waals surface area contributed by atoms with Gasteiger partial charge >= 0.3 is 0 Å². The molecule has 0 saturated carbocycles. The Balaban J connectivity index is 1.24. The Morgan fingerprint density at radius 2 is 2.09 bits per heavy atom. The number of amides is 1. The summed E-state index contributed by atoms with van der Waals surface area (Å²) in [6.45, 7) is 3.37. The van der Waals surface area contributed by atoms with Gasteiger partial charge in [-0.15, -0.1) is 0 Å². The van der Waals surface area contributed by atoms with Gasteiger partial charge in [-0.1, -0.05) is 12.1 Å². The zero-order valence-electron chi connectivity index (χ0n) is 18.6. The minimum Gasteiger partial charge on any atom is -0.496 e. The van der Waals surface area contributed by atoms with Gasteiger partial charge in [-0.25, -0.2) is 13.5 Å². The number of methoxy groups -OCH3 is 1. The molecule has 2 aliphatic heterocycles. The zero-order valence-corrected chi connectivity index (χ0v) is 18.6. The molecule has 0 aliphatic carbocycles. The van der Waals surface area contributed by atoms with Crippen LogP contribution < -0.4 is 10.1 Å². The van der Waals surface area contributed by atoms with Crippen LogP contribution in [0.1, 0.15) is 49.3 Å². The fraction of sp³-hybridized carbons (Fsp3) is 0.609. The van der Waals surface area contributed by atoms with Crippen molar-refractivity contribution in [1.29, 1.82) is 0 Å². The highest BCUT2D eigenvalue weighted by molar-refractivity contribution is 5.76. The highest BCUT2D eigenvalue weighted by atomic mass is 19.3. The third kappa shape index (κ3) is 4.86. The lowest BCUT2D eigenvalue weighted by Gasteiger charge is -2.40. The number of aryl methyl sites for hydroxylation is 2.